The standard InChI is InChI=1S/C7H15N5O2S.ClH/c1-7(2,5-8)10-15(13,14)6-4-9-11-12(6)3;/h4,10H,5,8H2,1-3H3;1H. The highest BCUT2D eigenvalue weighted by Crippen LogP contribution is 2.09. The topological polar surface area (TPSA) is 103 Å². The minimum absolute atomic E-state index is 0. The van der Waals surface area contributed by atoms with Crippen molar-refractivity contribution in [3.8, 4) is 0 Å². The molecule has 0 aromatic carbocycles. The second-order valence-electron chi connectivity index (χ2n) is 3.89. The zero-order valence-electron chi connectivity index (χ0n) is 9.34. The number of nitrogens with two attached hydrogens (primary N) is 1. The molecule has 0 radical (unpaired) electrons. The quantitative estimate of drug-likeness (QED) is 0.749. The Morgan fingerprint density at radius 3 is 2.50 bits per heavy atom. The average molecular weight is 270 g/mol. The van der Waals surface area contributed by atoms with Crippen LogP contribution in [0.15, 0.2) is 11.2 Å². The Kier molecular flexibility index (Phi) is 4.86. The maximum Gasteiger partial charge on any atom is 0.259 e. The van der Waals surface area contributed by atoms with Crippen molar-refractivity contribution >= 4 is 22.4 Å². The van der Waals surface area contributed by atoms with Crippen molar-refractivity contribution < 1.29 is 8.42 Å². The Hall–Kier alpha value is -0.700. The number of aryl methyl sites for hydroxylation is 1. The van der Waals surface area contributed by atoms with Gasteiger partial charge in [0.2, 0.25) is 0 Å². The normalized spacial score (nSPS) is 12.2. The molecule has 0 aliphatic rings. The number of aromatic nitrogens is 3. The molecule has 0 spiro atoms. The second kappa shape index (κ2) is 5.09. The Balaban J connectivity index is 0.00000225. The molecule has 0 aliphatic carbocycles. The molecular weight excluding hydrogens is 254 g/mol. The van der Waals surface area contributed by atoms with Gasteiger partial charge >= 0.3 is 0 Å². The smallest absolute Gasteiger partial charge is 0.259 e. The van der Waals surface area contributed by atoms with Crippen molar-refractivity contribution in [1.29, 1.82) is 0 Å². The van der Waals surface area contributed by atoms with E-state index < -0.39 is 15.6 Å². The van der Waals surface area contributed by atoms with Crippen LogP contribution in [0.2, 0.25) is 0 Å². The molecule has 3 N–H and O–H groups in total. The lowest BCUT2D eigenvalue weighted by Crippen LogP contribution is -2.49. The van der Waals surface area contributed by atoms with E-state index in [1.165, 1.54) is 17.9 Å². The summed E-state index contributed by atoms with van der Waals surface area (Å²) in [5.74, 6) is 0. The fourth-order valence-electron chi connectivity index (χ4n) is 0.981. The largest absolute Gasteiger partial charge is 0.329 e. The fourth-order valence-corrected chi connectivity index (χ4v) is 2.47. The Bertz CT molecular complexity index is 441. The van der Waals surface area contributed by atoms with Crippen LogP contribution in [0.5, 0.6) is 0 Å². The van der Waals surface area contributed by atoms with Crippen LogP contribution in [0.1, 0.15) is 13.8 Å². The lowest BCUT2D eigenvalue weighted by atomic mass is 10.1. The summed E-state index contributed by atoms with van der Waals surface area (Å²) in [5.41, 5.74) is 4.75. The first kappa shape index (κ1) is 15.3. The molecule has 0 saturated heterocycles. The molecule has 9 heteroatoms. The van der Waals surface area contributed by atoms with E-state index in [-0.39, 0.29) is 24.0 Å². The summed E-state index contributed by atoms with van der Waals surface area (Å²) >= 11 is 0. The number of nitrogens with zero attached hydrogens (tertiary/aromatic N) is 3. The minimum atomic E-state index is -3.61. The molecule has 94 valence electrons. The zero-order chi connectivity index (χ0) is 11.7. The third-order valence-electron chi connectivity index (χ3n) is 1.87. The third-order valence-corrected chi connectivity index (χ3v) is 3.61. The van der Waals surface area contributed by atoms with Gasteiger partial charge in [0, 0.05) is 19.1 Å². The highest BCUT2D eigenvalue weighted by atomic mass is 35.5. The van der Waals surface area contributed by atoms with E-state index in [1.54, 1.807) is 13.8 Å². The van der Waals surface area contributed by atoms with Crippen molar-refractivity contribution in [3.05, 3.63) is 6.20 Å². The molecule has 0 atom stereocenters. The van der Waals surface area contributed by atoms with Gasteiger partial charge in [-0.1, -0.05) is 5.21 Å². The molecule has 1 aromatic heterocycles. The maximum absolute atomic E-state index is 11.8. The van der Waals surface area contributed by atoms with Gasteiger partial charge in [0.15, 0.2) is 5.03 Å². The number of halogens is 1. The molecular formula is C7H16ClN5O2S. The van der Waals surface area contributed by atoms with Crippen LogP contribution in [-0.4, -0.2) is 35.5 Å². The van der Waals surface area contributed by atoms with Crippen LogP contribution < -0.4 is 10.5 Å². The maximum atomic E-state index is 11.8. The van der Waals surface area contributed by atoms with Crippen molar-refractivity contribution in [2.75, 3.05) is 6.54 Å². The van der Waals surface area contributed by atoms with E-state index in [1.807, 2.05) is 0 Å². The molecule has 16 heavy (non-hydrogen) atoms. The molecule has 0 fully saturated rings. The minimum Gasteiger partial charge on any atom is -0.329 e. The predicted molar refractivity (Wildman–Crippen MR) is 61.7 cm³/mol. The molecule has 0 unspecified atom stereocenters. The zero-order valence-corrected chi connectivity index (χ0v) is 11.0. The Labute approximate surface area is 101 Å². The van der Waals surface area contributed by atoms with Crippen molar-refractivity contribution in [2.45, 2.75) is 24.4 Å². The van der Waals surface area contributed by atoms with Gasteiger partial charge in [-0.05, 0) is 13.8 Å². The Morgan fingerprint density at radius 2 is 2.12 bits per heavy atom. The molecule has 7 nitrogen and oxygen atoms in total. The lowest BCUT2D eigenvalue weighted by Gasteiger charge is -2.23. The van der Waals surface area contributed by atoms with Gasteiger partial charge in [-0.25, -0.2) is 17.8 Å². The SMILES string of the molecule is Cl.Cn1nncc1S(=O)(=O)NC(C)(C)CN. The van der Waals surface area contributed by atoms with Gasteiger partial charge in [-0.2, -0.15) is 0 Å². The average Bonchev–Trinajstić information content (AvgIpc) is 2.50. The van der Waals surface area contributed by atoms with Crippen molar-refractivity contribution in [2.24, 2.45) is 12.8 Å². The first-order valence-corrected chi connectivity index (χ1v) is 5.85. The van der Waals surface area contributed by atoms with Crippen LogP contribution in [0.3, 0.4) is 0 Å². The molecule has 1 heterocycles. The summed E-state index contributed by atoms with van der Waals surface area (Å²) in [4.78, 5) is 0. The van der Waals surface area contributed by atoms with Gasteiger partial charge in [0.1, 0.15) is 0 Å². The molecule has 0 aliphatic heterocycles. The molecule has 1 aromatic rings. The van der Waals surface area contributed by atoms with Gasteiger partial charge < -0.3 is 5.73 Å². The highest BCUT2D eigenvalue weighted by molar-refractivity contribution is 7.89. The number of rotatable bonds is 4. The highest BCUT2D eigenvalue weighted by Gasteiger charge is 2.27. The molecule has 0 saturated carbocycles. The second-order valence-corrected chi connectivity index (χ2v) is 5.52. The Morgan fingerprint density at radius 1 is 1.56 bits per heavy atom. The van der Waals surface area contributed by atoms with E-state index in [4.69, 9.17) is 5.73 Å². The summed E-state index contributed by atoms with van der Waals surface area (Å²) in [6.07, 6.45) is 1.19. The van der Waals surface area contributed by atoms with Gasteiger partial charge in [-0.15, -0.1) is 17.5 Å². The van der Waals surface area contributed by atoms with E-state index in [2.05, 4.69) is 15.0 Å². The summed E-state index contributed by atoms with van der Waals surface area (Å²) in [5, 5.41) is 7.08. The number of sulfonamides is 1. The predicted octanol–water partition coefficient (Wildman–Crippen LogP) is -0.747. The number of hydrogen-bond acceptors (Lipinski definition) is 5. The van der Waals surface area contributed by atoms with E-state index in [0.29, 0.717) is 0 Å². The van der Waals surface area contributed by atoms with E-state index in [9.17, 15) is 8.42 Å². The number of hydrogen-bond donors (Lipinski definition) is 2. The summed E-state index contributed by atoms with van der Waals surface area (Å²) in [7, 11) is -2.10. The molecule has 0 amide bonds. The van der Waals surface area contributed by atoms with Crippen LogP contribution in [0.4, 0.5) is 0 Å². The van der Waals surface area contributed by atoms with Crippen molar-refractivity contribution in [1.82, 2.24) is 19.7 Å². The van der Waals surface area contributed by atoms with Gasteiger partial charge in [0.25, 0.3) is 10.0 Å². The van der Waals surface area contributed by atoms with Crippen LogP contribution in [0, 0.1) is 0 Å². The summed E-state index contributed by atoms with van der Waals surface area (Å²) in [6.45, 7) is 3.61. The summed E-state index contributed by atoms with van der Waals surface area (Å²) < 4.78 is 27.3. The first-order chi connectivity index (χ1) is 6.78. The van der Waals surface area contributed by atoms with Gasteiger partial charge in [-0.3, -0.25) is 0 Å². The first-order valence-electron chi connectivity index (χ1n) is 4.37. The lowest BCUT2D eigenvalue weighted by molar-refractivity contribution is 0.458. The van der Waals surface area contributed by atoms with Crippen LogP contribution >= 0.6 is 12.4 Å². The van der Waals surface area contributed by atoms with Crippen LogP contribution in [0.25, 0.3) is 0 Å². The third kappa shape index (κ3) is 3.41. The molecule has 1 rings (SSSR count). The van der Waals surface area contributed by atoms with E-state index in [0.717, 1.165) is 0 Å². The molecule has 0 bridgehead atoms. The van der Waals surface area contributed by atoms with Gasteiger partial charge in [0.05, 0.1) is 6.20 Å². The monoisotopic (exact) mass is 269 g/mol. The van der Waals surface area contributed by atoms with Crippen LogP contribution in [-0.2, 0) is 17.1 Å². The fraction of sp³-hybridized carbons (Fsp3) is 0.714. The van der Waals surface area contributed by atoms with E-state index >= 15 is 0 Å². The summed E-state index contributed by atoms with van der Waals surface area (Å²) in [6, 6.07) is 0. The van der Waals surface area contributed by atoms with Crippen molar-refractivity contribution in [3.63, 3.8) is 0 Å². The number of nitrogens with one attached hydrogen (secondary N) is 1.